The molecular weight excluding hydrogens is 344 g/mol. The number of nitrogens with zero attached hydrogens (tertiary/aromatic N) is 1. The SMILES string of the molecule is Fc1cc(F)cc(OCCN2CCC(C[C@@H]3C[C@H]3c3ccccc3)CC2)c1. The van der Waals surface area contributed by atoms with Crippen molar-refractivity contribution in [2.45, 2.75) is 31.6 Å². The van der Waals surface area contributed by atoms with E-state index < -0.39 is 11.6 Å². The Morgan fingerprint density at radius 3 is 2.37 bits per heavy atom. The number of ether oxygens (including phenoxy) is 1. The van der Waals surface area contributed by atoms with E-state index in [4.69, 9.17) is 4.74 Å². The van der Waals surface area contributed by atoms with Gasteiger partial charge in [0.05, 0.1) is 0 Å². The molecule has 0 radical (unpaired) electrons. The minimum absolute atomic E-state index is 0.267. The molecule has 1 saturated carbocycles. The maximum Gasteiger partial charge on any atom is 0.129 e. The van der Waals surface area contributed by atoms with Gasteiger partial charge in [-0.3, -0.25) is 4.90 Å². The molecule has 2 fully saturated rings. The van der Waals surface area contributed by atoms with E-state index >= 15 is 0 Å². The number of benzene rings is 2. The molecular formula is C23H27F2NO. The number of hydrogen-bond acceptors (Lipinski definition) is 2. The average molecular weight is 371 g/mol. The molecule has 0 bridgehead atoms. The summed E-state index contributed by atoms with van der Waals surface area (Å²) in [5, 5.41) is 0. The molecule has 1 saturated heterocycles. The number of halogens is 2. The van der Waals surface area contributed by atoms with Crippen molar-refractivity contribution in [3.63, 3.8) is 0 Å². The monoisotopic (exact) mass is 371 g/mol. The summed E-state index contributed by atoms with van der Waals surface area (Å²) in [6.07, 6.45) is 5.19. The van der Waals surface area contributed by atoms with Crippen molar-refractivity contribution in [2.24, 2.45) is 11.8 Å². The standard InChI is InChI=1S/C23H27F2NO/c24-20-14-21(25)16-22(15-20)27-11-10-26-8-6-17(7-9-26)12-19-13-23(19)18-4-2-1-3-5-18/h1-5,14-17,19,23H,6-13H2/t19-,23+/m1/s1. The van der Waals surface area contributed by atoms with Crippen LogP contribution in [0.2, 0.25) is 0 Å². The first kappa shape index (κ1) is 18.4. The van der Waals surface area contributed by atoms with Crippen molar-refractivity contribution in [1.29, 1.82) is 0 Å². The van der Waals surface area contributed by atoms with Gasteiger partial charge in [0.15, 0.2) is 0 Å². The van der Waals surface area contributed by atoms with Crippen LogP contribution in [-0.4, -0.2) is 31.1 Å². The average Bonchev–Trinajstić information content (AvgIpc) is 3.42. The molecule has 0 aromatic heterocycles. The minimum Gasteiger partial charge on any atom is -0.492 e. The lowest BCUT2D eigenvalue weighted by Crippen LogP contribution is -2.36. The van der Waals surface area contributed by atoms with Crippen LogP contribution in [0.4, 0.5) is 8.78 Å². The summed E-state index contributed by atoms with van der Waals surface area (Å²) in [4.78, 5) is 2.40. The van der Waals surface area contributed by atoms with Gasteiger partial charge >= 0.3 is 0 Å². The third-order valence-corrected chi connectivity index (χ3v) is 6.01. The zero-order valence-corrected chi connectivity index (χ0v) is 15.6. The van der Waals surface area contributed by atoms with E-state index in [0.29, 0.717) is 6.61 Å². The van der Waals surface area contributed by atoms with Crippen LogP contribution in [-0.2, 0) is 0 Å². The zero-order chi connectivity index (χ0) is 18.6. The Bertz CT molecular complexity index is 723. The molecule has 2 aromatic rings. The predicted molar refractivity (Wildman–Crippen MR) is 103 cm³/mol. The first-order valence-electron chi connectivity index (χ1n) is 10.0. The van der Waals surface area contributed by atoms with Gasteiger partial charge in [0.2, 0.25) is 0 Å². The van der Waals surface area contributed by atoms with Crippen LogP contribution in [0, 0.1) is 23.5 Å². The maximum atomic E-state index is 13.2. The Labute approximate surface area is 160 Å². The highest BCUT2D eigenvalue weighted by Gasteiger charge is 2.39. The quantitative estimate of drug-likeness (QED) is 0.659. The Balaban J connectivity index is 1.15. The van der Waals surface area contributed by atoms with E-state index in [1.54, 1.807) is 0 Å². The van der Waals surface area contributed by atoms with Gasteiger partial charge in [0, 0.05) is 24.7 Å². The molecule has 1 heterocycles. The van der Waals surface area contributed by atoms with Crippen LogP contribution in [0.15, 0.2) is 48.5 Å². The topological polar surface area (TPSA) is 12.5 Å². The van der Waals surface area contributed by atoms with Gasteiger partial charge in [-0.15, -0.1) is 0 Å². The summed E-state index contributed by atoms with van der Waals surface area (Å²) >= 11 is 0. The molecule has 0 unspecified atom stereocenters. The van der Waals surface area contributed by atoms with Crippen LogP contribution in [0.3, 0.4) is 0 Å². The maximum absolute atomic E-state index is 13.2. The third-order valence-electron chi connectivity index (χ3n) is 6.01. The Hall–Kier alpha value is -1.94. The number of likely N-dealkylation sites (tertiary alicyclic amines) is 1. The summed E-state index contributed by atoms with van der Waals surface area (Å²) in [5.41, 5.74) is 1.51. The van der Waals surface area contributed by atoms with Crippen molar-refractivity contribution in [1.82, 2.24) is 4.90 Å². The molecule has 27 heavy (non-hydrogen) atoms. The number of hydrogen-bond donors (Lipinski definition) is 0. The highest BCUT2D eigenvalue weighted by Crippen LogP contribution is 2.51. The molecule has 2 nitrogen and oxygen atoms in total. The van der Waals surface area contributed by atoms with Gasteiger partial charge in [-0.25, -0.2) is 8.78 Å². The van der Waals surface area contributed by atoms with Gasteiger partial charge in [-0.2, -0.15) is 0 Å². The Kier molecular flexibility index (Phi) is 5.72. The molecule has 2 atom stereocenters. The largest absolute Gasteiger partial charge is 0.492 e. The van der Waals surface area contributed by atoms with Crippen molar-refractivity contribution in [2.75, 3.05) is 26.2 Å². The van der Waals surface area contributed by atoms with Crippen molar-refractivity contribution < 1.29 is 13.5 Å². The highest BCUT2D eigenvalue weighted by molar-refractivity contribution is 5.25. The van der Waals surface area contributed by atoms with E-state index in [-0.39, 0.29) is 5.75 Å². The molecule has 4 heteroatoms. The second-order valence-electron chi connectivity index (χ2n) is 7.99. The summed E-state index contributed by atoms with van der Waals surface area (Å²) in [6.45, 7) is 3.45. The number of piperidine rings is 1. The summed E-state index contributed by atoms with van der Waals surface area (Å²) in [6, 6.07) is 14.2. The van der Waals surface area contributed by atoms with E-state index in [1.165, 1.54) is 43.4 Å². The predicted octanol–water partition coefficient (Wildman–Crippen LogP) is 5.25. The van der Waals surface area contributed by atoms with Crippen LogP contribution in [0.5, 0.6) is 5.75 Å². The lowest BCUT2D eigenvalue weighted by Gasteiger charge is -2.32. The second kappa shape index (κ2) is 8.39. The molecule has 4 rings (SSSR count). The molecule has 0 N–H and O–H groups in total. The fraction of sp³-hybridized carbons (Fsp3) is 0.478. The normalized spacial score (nSPS) is 23.3. The molecule has 2 aliphatic rings. The summed E-state index contributed by atoms with van der Waals surface area (Å²) in [5.74, 6) is 1.56. The molecule has 1 aliphatic carbocycles. The summed E-state index contributed by atoms with van der Waals surface area (Å²) < 4.78 is 31.8. The van der Waals surface area contributed by atoms with Crippen LogP contribution in [0.25, 0.3) is 0 Å². The zero-order valence-electron chi connectivity index (χ0n) is 15.6. The molecule has 0 spiro atoms. The molecule has 0 amide bonds. The van der Waals surface area contributed by atoms with Gasteiger partial charge in [-0.1, -0.05) is 30.3 Å². The first-order valence-corrected chi connectivity index (χ1v) is 10.0. The summed E-state index contributed by atoms with van der Waals surface area (Å²) in [7, 11) is 0. The third kappa shape index (κ3) is 5.07. The van der Waals surface area contributed by atoms with Crippen molar-refractivity contribution in [3.8, 4) is 5.75 Å². The van der Waals surface area contributed by atoms with E-state index in [2.05, 4.69) is 35.2 Å². The Morgan fingerprint density at radius 2 is 1.67 bits per heavy atom. The second-order valence-corrected chi connectivity index (χ2v) is 7.99. The fourth-order valence-electron chi connectivity index (χ4n) is 4.39. The first-order chi connectivity index (χ1) is 13.2. The van der Waals surface area contributed by atoms with Crippen LogP contribution >= 0.6 is 0 Å². The van der Waals surface area contributed by atoms with Gasteiger partial charge in [-0.05, 0) is 62.1 Å². The fourth-order valence-corrected chi connectivity index (χ4v) is 4.39. The van der Waals surface area contributed by atoms with E-state index in [1.807, 2.05) is 0 Å². The Morgan fingerprint density at radius 1 is 0.963 bits per heavy atom. The van der Waals surface area contributed by atoms with Gasteiger partial charge in [0.1, 0.15) is 24.0 Å². The minimum atomic E-state index is -0.598. The highest BCUT2D eigenvalue weighted by atomic mass is 19.1. The van der Waals surface area contributed by atoms with E-state index in [9.17, 15) is 8.78 Å². The van der Waals surface area contributed by atoms with Gasteiger partial charge in [0.25, 0.3) is 0 Å². The number of rotatable bonds is 7. The lowest BCUT2D eigenvalue weighted by molar-refractivity contribution is 0.148. The smallest absolute Gasteiger partial charge is 0.129 e. The molecule has 1 aliphatic heterocycles. The van der Waals surface area contributed by atoms with Crippen molar-refractivity contribution in [3.05, 3.63) is 65.7 Å². The van der Waals surface area contributed by atoms with Gasteiger partial charge < -0.3 is 4.74 Å². The molecule has 144 valence electrons. The van der Waals surface area contributed by atoms with Crippen molar-refractivity contribution >= 4 is 0 Å². The van der Waals surface area contributed by atoms with E-state index in [0.717, 1.165) is 43.5 Å². The van der Waals surface area contributed by atoms with Crippen LogP contribution in [0.1, 0.15) is 37.2 Å². The van der Waals surface area contributed by atoms with Crippen LogP contribution < -0.4 is 4.74 Å². The lowest BCUT2D eigenvalue weighted by atomic mass is 9.90. The molecule has 2 aromatic carbocycles.